The van der Waals surface area contributed by atoms with E-state index in [0.29, 0.717) is 17.7 Å². The third-order valence-electron chi connectivity index (χ3n) is 8.24. The lowest BCUT2D eigenvalue weighted by molar-refractivity contribution is -0.167. The number of benzene rings is 1. The molecule has 1 aromatic rings. The smallest absolute Gasteiger partial charge is 0.414 e. The maximum absolute atomic E-state index is 13.8. The molecular formula is C24H26N2O7. The van der Waals surface area contributed by atoms with Gasteiger partial charge in [-0.1, -0.05) is 24.3 Å². The molecule has 2 spiro atoms. The Hall–Kier alpha value is -3.36. The van der Waals surface area contributed by atoms with Crippen LogP contribution in [0, 0.1) is 5.92 Å². The van der Waals surface area contributed by atoms with E-state index in [1.165, 1.54) is 32.3 Å². The summed E-state index contributed by atoms with van der Waals surface area (Å²) in [6.45, 7) is 0.278. The van der Waals surface area contributed by atoms with Crippen LogP contribution in [-0.4, -0.2) is 67.8 Å². The van der Waals surface area contributed by atoms with Gasteiger partial charge in [0.1, 0.15) is 5.41 Å². The molecule has 4 heterocycles. The van der Waals surface area contributed by atoms with Crippen molar-refractivity contribution in [1.82, 2.24) is 4.90 Å². The Morgan fingerprint density at radius 1 is 1.00 bits per heavy atom. The Labute approximate surface area is 191 Å². The molecule has 0 aromatic heterocycles. The van der Waals surface area contributed by atoms with Crippen LogP contribution in [0.4, 0.5) is 10.5 Å². The molecule has 2 unspecified atom stereocenters. The predicted molar refractivity (Wildman–Crippen MR) is 115 cm³/mol. The van der Waals surface area contributed by atoms with E-state index < -0.39 is 40.4 Å². The molecule has 174 valence electrons. The maximum Gasteiger partial charge on any atom is 0.414 e. The molecule has 1 saturated carbocycles. The third-order valence-corrected chi connectivity index (χ3v) is 8.24. The van der Waals surface area contributed by atoms with Crippen molar-refractivity contribution in [2.45, 2.75) is 42.2 Å². The van der Waals surface area contributed by atoms with Crippen molar-refractivity contribution in [2.75, 3.05) is 32.8 Å². The molecule has 9 nitrogen and oxygen atoms in total. The van der Waals surface area contributed by atoms with Gasteiger partial charge in [-0.25, -0.2) is 4.79 Å². The number of carbonyl (C=O) groups is 4. The Morgan fingerprint density at radius 3 is 2.45 bits per heavy atom. The van der Waals surface area contributed by atoms with Crippen LogP contribution in [0.5, 0.6) is 0 Å². The van der Waals surface area contributed by atoms with Crippen molar-refractivity contribution in [1.29, 1.82) is 0 Å². The summed E-state index contributed by atoms with van der Waals surface area (Å²) in [4.78, 5) is 56.6. The standard InChI is InChI=1S/C24H26N2O7/c1-31-19(28)16-14-22-9-8-18(27)25(22)13-12-23(20(29)32-2)15-6-4-5-7-17(15)26(21(30)33-3)24(16,23)11-10-22/h4-9,16H,10-14H2,1-3H3/t16?,22-,23?,24-/m1/s1. The normalized spacial score (nSPS) is 33.5. The summed E-state index contributed by atoms with van der Waals surface area (Å²) >= 11 is 0. The first-order chi connectivity index (χ1) is 15.8. The lowest BCUT2D eigenvalue weighted by atomic mass is 9.51. The molecule has 3 fully saturated rings. The number of rotatable bonds is 2. The summed E-state index contributed by atoms with van der Waals surface area (Å²) in [5.41, 5.74) is -2.27. The van der Waals surface area contributed by atoms with Gasteiger partial charge >= 0.3 is 18.0 Å². The van der Waals surface area contributed by atoms with Gasteiger partial charge in [0.25, 0.3) is 0 Å². The van der Waals surface area contributed by atoms with Crippen molar-refractivity contribution in [3.63, 3.8) is 0 Å². The molecule has 0 radical (unpaired) electrons. The molecule has 9 heteroatoms. The highest BCUT2D eigenvalue weighted by atomic mass is 16.5. The number of amides is 2. The summed E-state index contributed by atoms with van der Waals surface area (Å²) in [5, 5.41) is 0. The number of carbonyl (C=O) groups excluding carboxylic acids is 4. The van der Waals surface area contributed by atoms with E-state index in [0.717, 1.165) is 0 Å². The fraction of sp³-hybridized carbons (Fsp3) is 0.500. The molecular weight excluding hydrogens is 428 g/mol. The molecule has 0 N–H and O–H groups in total. The summed E-state index contributed by atoms with van der Waals surface area (Å²) in [6, 6.07) is 7.11. The van der Waals surface area contributed by atoms with Crippen LogP contribution in [0.2, 0.25) is 0 Å². The molecule has 1 aromatic carbocycles. The number of para-hydroxylation sites is 1. The fourth-order valence-electron chi connectivity index (χ4n) is 6.97. The van der Waals surface area contributed by atoms with Crippen molar-refractivity contribution in [3.05, 3.63) is 42.0 Å². The molecule has 2 saturated heterocycles. The second kappa shape index (κ2) is 7.07. The van der Waals surface area contributed by atoms with Gasteiger partial charge in [0.2, 0.25) is 5.91 Å². The van der Waals surface area contributed by atoms with Crippen LogP contribution in [0.1, 0.15) is 31.2 Å². The SMILES string of the molecule is COC(=O)C1C[C@]23C=CC(=O)N2CCC2(C(=O)OC)c4ccccc4N(C(=O)OC)[C@]12CC3. The highest BCUT2D eigenvalue weighted by molar-refractivity contribution is 6.03. The number of fused-ring (bicyclic) bond motifs is 4. The van der Waals surface area contributed by atoms with E-state index in [1.54, 1.807) is 29.2 Å². The number of ether oxygens (including phenoxy) is 3. The number of anilines is 1. The Morgan fingerprint density at radius 2 is 1.76 bits per heavy atom. The minimum Gasteiger partial charge on any atom is -0.469 e. The first-order valence-electron chi connectivity index (χ1n) is 11.0. The van der Waals surface area contributed by atoms with Crippen molar-refractivity contribution in [2.24, 2.45) is 5.92 Å². The van der Waals surface area contributed by atoms with Crippen LogP contribution >= 0.6 is 0 Å². The minimum absolute atomic E-state index is 0.149. The van der Waals surface area contributed by atoms with Crippen LogP contribution < -0.4 is 4.90 Å². The first-order valence-corrected chi connectivity index (χ1v) is 11.0. The van der Waals surface area contributed by atoms with Gasteiger partial charge in [-0.05, 0) is 37.3 Å². The molecule has 4 atom stereocenters. The Balaban J connectivity index is 1.87. The van der Waals surface area contributed by atoms with Gasteiger partial charge in [-0.3, -0.25) is 19.3 Å². The van der Waals surface area contributed by atoms with E-state index in [-0.39, 0.29) is 31.7 Å². The number of hydrogen-bond donors (Lipinski definition) is 0. The number of esters is 2. The third kappa shape index (κ3) is 2.37. The van der Waals surface area contributed by atoms with Gasteiger partial charge in [0.15, 0.2) is 0 Å². The maximum atomic E-state index is 13.8. The average Bonchev–Trinajstić information content (AvgIpc) is 3.25. The van der Waals surface area contributed by atoms with Gasteiger partial charge in [0.05, 0.1) is 44.0 Å². The lowest BCUT2D eigenvalue weighted by Gasteiger charge is -2.60. The Kier molecular flexibility index (Phi) is 4.60. The van der Waals surface area contributed by atoms with Crippen LogP contribution in [-0.2, 0) is 34.0 Å². The second-order valence-corrected chi connectivity index (χ2v) is 9.10. The summed E-state index contributed by atoms with van der Waals surface area (Å²) in [7, 11) is 3.87. The average molecular weight is 454 g/mol. The van der Waals surface area contributed by atoms with E-state index >= 15 is 0 Å². The van der Waals surface area contributed by atoms with Crippen molar-refractivity contribution in [3.8, 4) is 0 Å². The number of methoxy groups -OCH3 is 3. The number of hydrogen-bond acceptors (Lipinski definition) is 7. The summed E-state index contributed by atoms with van der Waals surface area (Å²) < 4.78 is 15.8. The van der Waals surface area contributed by atoms with E-state index in [4.69, 9.17) is 14.2 Å². The van der Waals surface area contributed by atoms with E-state index in [9.17, 15) is 19.2 Å². The predicted octanol–water partition coefficient (Wildman–Crippen LogP) is 1.94. The van der Waals surface area contributed by atoms with E-state index in [2.05, 4.69) is 0 Å². The van der Waals surface area contributed by atoms with Gasteiger partial charge in [0, 0.05) is 12.6 Å². The molecule has 4 aliphatic heterocycles. The lowest BCUT2D eigenvalue weighted by Crippen LogP contribution is -2.74. The second-order valence-electron chi connectivity index (χ2n) is 9.10. The van der Waals surface area contributed by atoms with E-state index in [1.807, 2.05) is 6.08 Å². The summed E-state index contributed by atoms with van der Waals surface area (Å²) in [6.07, 6.45) is 3.89. The molecule has 2 bridgehead atoms. The topological polar surface area (TPSA) is 102 Å². The quantitative estimate of drug-likeness (QED) is 0.497. The molecule has 33 heavy (non-hydrogen) atoms. The minimum atomic E-state index is -1.39. The molecule has 1 aliphatic carbocycles. The highest BCUT2D eigenvalue weighted by Gasteiger charge is 2.76. The van der Waals surface area contributed by atoms with Crippen LogP contribution in [0.25, 0.3) is 0 Å². The highest BCUT2D eigenvalue weighted by Crippen LogP contribution is 2.65. The number of nitrogens with zero attached hydrogens (tertiary/aromatic N) is 2. The monoisotopic (exact) mass is 454 g/mol. The van der Waals surface area contributed by atoms with Gasteiger partial charge in [-0.15, -0.1) is 0 Å². The van der Waals surface area contributed by atoms with Crippen molar-refractivity contribution < 1.29 is 33.4 Å². The Bertz CT molecular complexity index is 1100. The molecule has 2 amide bonds. The first kappa shape index (κ1) is 21.5. The zero-order valence-electron chi connectivity index (χ0n) is 18.8. The van der Waals surface area contributed by atoms with Crippen molar-refractivity contribution >= 4 is 29.6 Å². The molecule has 6 rings (SSSR count). The summed E-state index contributed by atoms with van der Waals surface area (Å²) in [5.74, 6) is -2.15. The fourth-order valence-corrected chi connectivity index (χ4v) is 6.97. The van der Waals surface area contributed by atoms with Gasteiger partial charge in [-0.2, -0.15) is 0 Å². The zero-order chi connectivity index (χ0) is 23.6. The molecule has 5 aliphatic rings. The van der Waals surface area contributed by atoms with Crippen LogP contribution in [0.3, 0.4) is 0 Å². The van der Waals surface area contributed by atoms with Crippen LogP contribution in [0.15, 0.2) is 36.4 Å². The zero-order valence-corrected chi connectivity index (χ0v) is 18.8. The van der Waals surface area contributed by atoms with Gasteiger partial charge < -0.3 is 19.1 Å². The largest absolute Gasteiger partial charge is 0.469 e.